The Labute approximate surface area is 178 Å². The summed E-state index contributed by atoms with van der Waals surface area (Å²) >= 11 is 0. The molecule has 4 rings (SSSR count). The van der Waals surface area contributed by atoms with Crippen molar-refractivity contribution in [1.82, 2.24) is 14.8 Å². The summed E-state index contributed by atoms with van der Waals surface area (Å²) in [5.41, 5.74) is 3.74. The first-order valence-electron chi connectivity index (χ1n) is 9.82. The minimum atomic E-state index is -1.41. The molecule has 0 aliphatic carbocycles. The molecular formula is C23H25N5OS. The molecule has 154 valence electrons. The molecule has 4 aromatic rings. The highest BCUT2D eigenvalue weighted by Crippen LogP contribution is 2.24. The maximum atomic E-state index is 12.7. The van der Waals surface area contributed by atoms with E-state index in [1.165, 1.54) is 16.3 Å². The fourth-order valence-corrected chi connectivity index (χ4v) is 4.37. The number of anilines is 2. The van der Waals surface area contributed by atoms with Gasteiger partial charge in [0.15, 0.2) is 11.0 Å². The van der Waals surface area contributed by atoms with Gasteiger partial charge in [0.2, 0.25) is 0 Å². The van der Waals surface area contributed by atoms with Gasteiger partial charge in [0, 0.05) is 19.3 Å². The van der Waals surface area contributed by atoms with Gasteiger partial charge in [0.05, 0.1) is 22.0 Å². The molecule has 0 aliphatic rings. The van der Waals surface area contributed by atoms with Crippen LogP contribution in [0.2, 0.25) is 0 Å². The molecule has 2 heterocycles. The Morgan fingerprint density at radius 3 is 2.47 bits per heavy atom. The Bertz CT molecular complexity index is 1220. The third kappa shape index (κ3) is 4.07. The topological polar surface area (TPSA) is 71.8 Å². The highest BCUT2D eigenvalue weighted by atomic mass is 32.2. The van der Waals surface area contributed by atoms with Crippen LogP contribution in [-0.2, 0) is 18.0 Å². The van der Waals surface area contributed by atoms with Crippen LogP contribution in [0.5, 0.6) is 0 Å². The van der Waals surface area contributed by atoms with E-state index in [1.807, 2.05) is 45.2 Å². The third-order valence-corrected chi connectivity index (χ3v) is 6.35. The number of aryl methyl sites for hydroxylation is 2. The second kappa shape index (κ2) is 8.28. The number of aromatic nitrogens is 3. The molecule has 6 nitrogen and oxygen atoms in total. The fourth-order valence-electron chi connectivity index (χ4n) is 3.43. The fraction of sp³-hybridized carbons (Fsp3) is 0.217. The van der Waals surface area contributed by atoms with Crippen molar-refractivity contribution in [3.05, 3.63) is 77.7 Å². The Morgan fingerprint density at radius 1 is 1.03 bits per heavy atom. The lowest BCUT2D eigenvalue weighted by Gasteiger charge is -2.16. The van der Waals surface area contributed by atoms with E-state index in [2.05, 4.69) is 57.4 Å². The summed E-state index contributed by atoms with van der Waals surface area (Å²) in [6, 6.07) is 18.6. The van der Waals surface area contributed by atoms with E-state index in [-0.39, 0.29) is 6.04 Å². The third-order valence-electron chi connectivity index (χ3n) is 5.29. The standard InChI is InChI=1S/C23H25N5OS/c1-15(19-10-9-18-7-5-6-8-20(18)13-19)25-22-12-11-21(14-24-22)30(29)27-23-16(2)26-28(4)17(23)3/h5-15,27H,1-4H3,(H,24,25). The van der Waals surface area contributed by atoms with Gasteiger partial charge in [-0.15, -0.1) is 0 Å². The van der Waals surface area contributed by atoms with Crippen molar-refractivity contribution >= 4 is 33.3 Å². The molecule has 0 saturated heterocycles. The lowest BCUT2D eigenvalue weighted by molar-refractivity contribution is 0.686. The minimum Gasteiger partial charge on any atom is -0.364 e. The number of benzene rings is 2. The first-order chi connectivity index (χ1) is 14.4. The summed E-state index contributed by atoms with van der Waals surface area (Å²) in [7, 11) is 0.462. The molecule has 2 N–H and O–H groups in total. The molecule has 0 spiro atoms. The molecule has 7 heteroatoms. The smallest absolute Gasteiger partial charge is 0.151 e. The van der Waals surface area contributed by atoms with Crippen LogP contribution in [0.25, 0.3) is 10.8 Å². The van der Waals surface area contributed by atoms with Gasteiger partial charge in [-0.25, -0.2) is 9.19 Å². The Balaban J connectivity index is 1.45. The minimum absolute atomic E-state index is 0.0947. The summed E-state index contributed by atoms with van der Waals surface area (Å²) in [6.07, 6.45) is 1.64. The normalized spacial score (nSPS) is 13.2. The molecule has 30 heavy (non-hydrogen) atoms. The number of nitrogens with zero attached hydrogens (tertiary/aromatic N) is 3. The second-order valence-corrected chi connectivity index (χ2v) is 8.60. The van der Waals surface area contributed by atoms with Crippen LogP contribution < -0.4 is 10.0 Å². The highest BCUT2D eigenvalue weighted by Gasteiger charge is 2.14. The van der Waals surface area contributed by atoms with Crippen LogP contribution in [0.3, 0.4) is 0 Å². The number of hydrogen-bond donors (Lipinski definition) is 2. The van der Waals surface area contributed by atoms with Gasteiger partial charge in [-0.1, -0.05) is 36.4 Å². The predicted molar refractivity (Wildman–Crippen MR) is 123 cm³/mol. The first kappa shape index (κ1) is 20.1. The zero-order chi connectivity index (χ0) is 21.3. The van der Waals surface area contributed by atoms with Gasteiger partial charge in [-0.05, 0) is 55.3 Å². The van der Waals surface area contributed by atoms with E-state index in [1.54, 1.807) is 10.9 Å². The molecule has 0 aliphatic heterocycles. The number of rotatable bonds is 6. The van der Waals surface area contributed by atoms with Crippen molar-refractivity contribution in [2.24, 2.45) is 7.05 Å². The number of hydrogen-bond acceptors (Lipinski definition) is 4. The molecule has 0 radical (unpaired) electrons. The molecular weight excluding hydrogens is 394 g/mol. The van der Waals surface area contributed by atoms with Crippen LogP contribution in [0.1, 0.15) is 29.9 Å². The number of fused-ring (bicyclic) bond motifs is 1. The monoisotopic (exact) mass is 419 g/mol. The van der Waals surface area contributed by atoms with Gasteiger partial charge < -0.3 is 5.32 Å². The summed E-state index contributed by atoms with van der Waals surface area (Å²) in [4.78, 5) is 5.07. The van der Waals surface area contributed by atoms with E-state index in [0.29, 0.717) is 4.90 Å². The van der Waals surface area contributed by atoms with Crippen molar-refractivity contribution in [3.63, 3.8) is 0 Å². The van der Waals surface area contributed by atoms with E-state index >= 15 is 0 Å². The van der Waals surface area contributed by atoms with Crippen LogP contribution in [0, 0.1) is 13.8 Å². The predicted octanol–water partition coefficient (Wildman–Crippen LogP) is 4.89. The molecule has 0 fully saturated rings. The molecule has 0 amide bonds. The second-order valence-electron chi connectivity index (χ2n) is 7.39. The van der Waals surface area contributed by atoms with Crippen LogP contribution in [0.15, 0.2) is 65.7 Å². The maximum absolute atomic E-state index is 12.7. The SMILES string of the molecule is Cc1nn(C)c(C)c1NS(=O)c1ccc(NC(C)c2ccc3ccccc3c2)nc1. The van der Waals surface area contributed by atoms with Gasteiger partial charge in [0.1, 0.15) is 5.82 Å². The van der Waals surface area contributed by atoms with Gasteiger partial charge in [-0.3, -0.25) is 9.40 Å². The first-order valence-corrected chi connectivity index (χ1v) is 11.0. The van der Waals surface area contributed by atoms with Gasteiger partial charge in [0.25, 0.3) is 0 Å². The van der Waals surface area contributed by atoms with Crippen LogP contribution in [0.4, 0.5) is 11.5 Å². The maximum Gasteiger partial charge on any atom is 0.151 e. The number of pyridine rings is 1. The van der Waals surface area contributed by atoms with E-state index in [0.717, 1.165) is 22.9 Å². The average molecular weight is 420 g/mol. The van der Waals surface area contributed by atoms with Gasteiger partial charge in [-0.2, -0.15) is 5.10 Å². The Kier molecular flexibility index (Phi) is 5.55. The van der Waals surface area contributed by atoms with E-state index < -0.39 is 11.0 Å². The largest absolute Gasteiger partial charge is 0.364 e. The van der Waals surface area contributed by atoms with E-state index in [4.69, 9.17) is 0 Å². The average Bonchev–Trinajstić information content (AvgIpc) is 2.99. The van der Waals surface area contributed by atoms with E-state index in [9.17, 15) is 4.21 Å². The molecule has 2 atom stereocenters. The zero-order valence-corrected chi connectivity index (χ0v) is 18.3. The van der Waals surface area contributed by atoms with Gasteiger partial charge >= 0.3 is 0 Å². The molecule has 2 aromatic carbocycles. The molecule has 2 aromatic heterocycles. The molecule has 0 saturated carbocycles. The van der Waals surface area contributed by atoms with Crippen molar-refractivity contribution in [1.29, 1.82) is 0 Å². The molecule has 2 unspecified atom stereocenters. The van der Waals surface area contributed by atoms with Crippen LogP contribution >= 0.6 is 0 Å². The summed E-state index contributed by atoms with van der Waals surface area (Å²) in [5.74, 6) is 0.741. The lowest BCUT2D eigenvalue weighted by Crippen LogP contribution is -2.09. The summed E-state index contributed by atoms with van der Waals surface area (Å²) in [5, 5.41) is 10.2. The van der Waals surface area contributed by atoms with Crippen molar-refractivity contribution in [3.8, 4) is 0 Å². The molecule has 0 bridgehead atoms. The Hall–Kier alpha value is -3.19. The quantitative estimate of drug-likeness (QED) is 0.467. The summed E-state index contributed by atoms with van der Waals surface area (Å²) in [6.45, 7) is 5.94. The lowest BCUT2D eigenvalue weighted by atomic mass is 10.0. The van der Waals surface area contributed by atoms with Crippen molar-refractivity contribution < 1.29 is 4.21 Å². The van der Waals surface area contributed by atoms with Crippen LogP contribution in [-0.4, -0.2) is 19.0 Å². The Morgan fingerprint density at radius 2 is 1.80 bits per heavy atom. The highest BCUT2D eigenvalue weighted by molar-refractivity contribution is 7.86. The zero-order valence-electron chi connectivity index (χ0n) is 17.5. The van der Waals surface area contributed by atoms with Crippen molar-refractivity contribution in [2.45, 2.75) is 31.7 Å². The summed E-state index contributed by atoms with van der Waals surface area (Å²) < 4.78 is 17.5. The van der Waals surface area contributed by atoms with Crippen molar-refractivity contribution in [2.75, 3.05) is 10.0 Å². The number of nitrogens with one attached hydrogen (secondary N) is 2.